The number of anilines is 2. The predicted molar refractivity (Wildman–Crippen MR) is 120 cm³/mol. The molecule has 9 nitrogen and oxygen atoms in total. The first-order valence-electron chi connectivity index (χ1n) is 10.0. The fraction of sp³-hybridized carbons (Fsp3) is 0.429. The van der Waals surface area contributed by atoms with Crippen LogP contribution in [0.5, 0.6) is 0 Å². The van der Waals surface area contributed by atoms with E-state index in [4.69, 9.17) is 5.10 Å². The Morgan fingerprint density at radius 3 is 2.50 bits per heavy atom. The second-order valence-electron chi connectivity index (χ2n) is 7.93. The van der Waals surface area contributed by atoms with Crippen molar-refractivity contribution in [3.8, 4) is 0 Å². The number of nitrogens with zero attached hydrogens (tertiary/aromatic N) is 6. The van der Waals surface area contributed by atoms with Crippen LogP contribution in [0.2, 0.25) is 0 Å². The van der Waals surface area contributed by atoms with E-state index in [1.807, 2.05) is 18.4 Å². The quantitative estimate of drug-likeness (QED) is 0.711. The van der Waals surface area contributed by atoms with Gasteiger partial charge in [0.15, 0.2) is 11.2 Å². The summed E-state index contributed by atoms with van der Waals surface area (Å²) in [5.74, 6) is 0.572. The molecule has 0 spiro atoms. The Kier molecular flexibility index (Phi) is 4.76. The highest BCUT2D eigenvalue weighted by molar-refractivity contribution is 5.91. The lowest BCUT2D eigenvalue weighted by Crippen LogP contribution is -2.39. The van der Waals surface area contributed by atoms with Crippen LogP contribution in [0.15, 0.2) is 32.9 Å². The molecule has 0 saturated heterocycles. The molecule has 1 aliphatic heterocycles. The van der Waals surface area contributed by atoms with E-state index in [-0.39, 0.29) is 11.6 Å². The van der Waals surface area contributed by atoms with E-state index in [2.05, 4.69) is 42.3 Å². The van der Waals surface area contributed by atoms with Gasteiger partial charge in [0.25, 0.3) is 5.56 Å². The van der Waals surface area contributed by atoms with Gasteiger partial charge in [-0.15, -0.1) is 0 Å². The average molecular weight is 409 g/mol. The zero-order valence-corrected chi connectivity index (χ0v) is 18.2. The molecule has 0 saturated carbocycles. The van der Waals surface area contributed by atoms with Crippen molar-refractivity contribution in [1.29, 1.82) is 0 Å². The van der Waals surface area contributed by atoms with Crippen LogP contribution in [0.3, 0.4) is 0 Å². The lowest BCUT2D eigenvalue weighted by Gasteiger charge is -2.29. The Hall–Kier alpha value is -3.36. The lowest BCUT2D eigenvalue weighted by molar-refractivity contribution is 0.638. The van der Waals surface area contributed by atoms with Crippen LogP contribution in [0.25, 0.3) is 11.2 Å². The van der Waals surface area contributed by atoms with Gasteiger partial charge in [-0.2, -0.15) is 10.1 Å². The van der Waals surface area contributed by atoms with Crippen molar-refractivity contribution in [3.63, 3.8) is 0 Å². The minimum absolute atomic E-state index is 0.126. The summed E-state index contributed by atoms with van der Waals surface area (Å²) in [6.07, 6.45) is 0. The van der Waals surface area contributed by atoms with Crippen molar-refractivity contribution in [2.45, 2.75) is 33.7 Å². The molecule has 0 fully saturated rings. The van der Waals surface area contributed by atoms with E-state index in [1.165, 1.54) is 22.7 Å². The van der Waals surface area contributed by atoms with Crippen molar-refractivity contribution in [1.82, 2.24) is 18.7 Å². The number of aryl methyl sites for hydroxylation is 3. The third-order valence-electron chi connectivity index (χ3n) is 5.93. The molecule has 4 rings (SSSR count). The number of hydrogen-bond acceptors (Lipinski definition) is 6. The Bertz CT molecular complexity index is 1300. The SMILES string of the molecule is CC1=NN(CCNc2ccc(C)c(C)c2)c2nc3c(c(=O)n(C)c(=O)n3C)n2[C@H]1C. The molecule has 9 heteroatoms. The molecule has 0 amide bonds. The predicted octanol–water partition coefficient (Wildman–Crippen LogP) is 1.92. The number of imidazole rings is 1. The van der Waals surface area contributed by atoms with Crippen molar-refractivity contribution >= 4 is 28.5 Å². The molecular weight excluding hydrogens is 382 g/mol. The summed E-state index contributed by atoms with van der Waals surface area (Å²) < 4.78 is 4.42. The molecule has 0 aliphatic carbocycles. The Morgan fingerprint density at radius 1 is 1.07 bits per heavy atom. The number of hydrazone groups is 1. The van der Waals surface area contributed by atoms with Crippen LogP contribution in [0.1, 0.15) is 31.0 Å². The van der Waals surface area contributed by atoms with Crippen molar-refractivity contribution in [2.24, 2.45) is 19.2 Å². The maximum Gasteiger partial charge on any atom is 0.332 e. The average Bonchev–Trinajstić information content (AvgIpc) is 3.12. The second kappa shape index (κ2) is 7.16. The lowest BCUT2D eigenvalue weighted by atomic mass is 10.1. The van der Waals surface area contributed by atoms with Gasteiger partial charge in [-0.25, -0.2) is 9.80 Å². The van der Waals surface area contributed by atoms with Crippen molar-refractivity contribution in [3.05, 3.63) is 50.2 Å². The standard InChI is InChI=1S/C21H27N7O2/c1-12-7-8-16(11-13(12)2)22-9-10-27-20-23-18-17(28(20)15(4)14(3)24-27)19(29)26(6)21(30)25(18)5/h7-8,11,15,22H,9-10H2,1-6H3/t15-/m0/s1. The molecule has 158 valence electrons. The number of benzene rings is 1. The smallest absolute Gasteiger partial charge is 0.332 e. The number of rotatable bonds is 4. The molecule has 1 aliphatic rings. The van der Waals surface area contributed by atoms with Crippen LogP contribution >= 0.6 is 0 Å². The second-order valence-corrected chi connectivity index (χ2v) is 7.93. The topological polar surface area (TPSA) is 89.5 Å². The monoisotopic (exact) mass is 409 g/mol. The van der Waals surface area contributed by atoms with Gasteiger partial charge in [-0.05, 0) is 51.0 Å². The first-order valence-corrected chi connectivity index (χ1v) is 10.0. The first kappa shape index (κ1) is 19.9. The molecule has 30 heavy (non-hydrogen) atoms. The fourth-order valence-corrected chi connectivity index (χ4v) is 3.77. The normalized spacial score (nSPS) is 16.0. The first-order chi connectivity index (χ1) is 14.2. The molecule has 2 aromatic heterocycles. The maximum atomic E-state index is 12.9. The minimum atomic E-state index is -0.392. The van der Waals surface area contributed by atoms with Gasteiger partial charge in [0.1, 0.15) is 0 Å². The Balaban J connectivity index is 1.70. The molecule has 1 N–H and O–H groups in total. The molecule has 3 aromatic rings. The number of fused-ring (bicyclic) bond motifs is 3. The van der Waals surface area contributed by atoms with Crippen molar-refractivity contribution < 1.29 is 0 Å². The van der Waals surface area contributed by atoms with E-state index in [0.717, 1.165) is 16.0 Å². The Morgan fingerprint density at radius 2 is 1.80 bits per heavy atom. The molecule has 3 heterocycles. The van der Waals surface area contributed by atoms with Crippen LogP contribution in [0, 0.1) is 13.8 Å². The van der Waals surface area contributed by atoms with Gasteiger partial charge in [-0.3, -0.25) is 18.5 Å². The number of hydrogen-bond donors (Lipinski definition) is 1. The van der Waals surface area contributed by atoms with Gasteiger partial charge in [-0.1, -0.05) is 6.07 Å². The third kappa shape index (κ3) is 3.01. The van der Waals surface area contributed by atoms with E-state index in [9.17, 15) is 9.59 Å². The summed E-state index contributed by atoms with van der Waals surface area (Å²) in [6, 6.07) is 6.15. The van der Waals surface area contributed by atoms with E-state index in [1.54, 1.807) is 12.1 Å². The highest BCUT2D eigenvalue weighted by Crippen LogP contribution is 2.29. The van der Waals surface area contributed by atoms with Crippen LogP contribution < -0.4 is 21.6 Å². The zero-order valence-electron chi connectivity index (χ0n) is 18.2. The zero-order chi connectivity index (χ0) is 21.7. The summed E-state index contributed by atoms with van der Waals surface area (Å²) in [7, 11) is 3.12. The van der Waals surface area contributed by atoms with E-state index < -0.39 is 5.69 Å². The molecule has 1 atom stereocenters. The van der Waals surface area contributed by atoms with Crippen LogP contribution in [-0.4, -0.2) is 37.5 Å². The van der Waals surface area contributed by atoms with Gasteiger partial charge in [0.2, 0.25) is 5.95 Å². The summed E-state index contributed by atoms with van der Waals surface area (Å²) in [5.41, 5.74) is 4.48. The van der Waals surface area contributed by atoms with E-state index >= 15 is 0 Å². The van der Waals surface area contributed by atoms with Crippen LogP contribution in [-0.2, 0) is 14.1 Å². The molecule has 0 bridgehead atoms. The molecular formula is C21H27N7O2. The van der Waals surface area contributed by atoms with Crippen molar-refractivity contribution in [2.75, 3.05) is 23.4 Å². The Labute approximate surface area is 174 Å². The van der Waals surface area contributed by atoms with Gasteiger partial charge < -0.3 is 5.32 Å². The van der Waals surface area contributed by atoms with E-state index in [0.29, 0.717) is 30.2 Å². The summed E-state index contributed by atoms with van der Waals surface area (Å²) in [4.78, 5) is 29.9. The molecule has 0 unspecified atom stereocenters. The highest BCUT2D eigenvalue weighted by Gasteiger charge is 2.30. The maximum absolute atomic E-state index is 12.9. The largest absolute Gasteiger partial charge is 0.383 e. The molecule has 1 aromatic carbocycles. The van der Waals surface area contributed by atoms with Crippen LogP contribution in [0.4, 0.5) is 11.6 Å². The van der Waals surface area contributed by atoms with Gasteiger partial charge in [0.05, 0.1) is 18.3 Å². The number of aromatic nitrogens is 4. The fourth-order valence-electron chi connectivity index (χ4n) is 3.77. The highest BCUT2D eigenvalue weighted by atomic mass is 16.2. The van der Waals surface area contributed by atoms with Gasteiger partial charge >= 0.3 is 5.69 Å². The molecule has 0 radical (unpaired) electrons. The summed E-state index contributed by atoms with van der Waals surface area (Å²) in [6.45, 7) is 9.32. The third-order valence-corrected chi connectivity index (χ3v) is 5.93. The minimum Gasteiger partial charge on any atom is -0.383 e. The summed E-state index contributed by atoms with van der Waals surface area (Å²) in [5, 5.41) is 9.92. The summed E-state index contributed by atoms with van der Waals surface area (Å²) >= 11 is 0. The number of nitrogens with one attached hydrogen (secondary N) is 1. The van der Waals surface area contributed by atoms with Gasteiger partial charge in [0, 0.05) is 26.3 Å².